The van der Waals surface area contributed by atoms with Gasteiger partial charge in [-0.05, 0) is 13.6 Å². The number of rotatable bonds is 5. The highest BCUT2D eigenvalue weighted by Crippen LogP contribution is 2.34. The van der Waals surface area contributed by atoms with Gasteiger partial charge in [-0.15, -0.1) is 11.6 Å². The summed E-state index contributed by atoms with van der Waals surface area (Å²) in [6, 6.07) is 0. The molecule has 1 aliphatic rings. The summed E-state index contributed by atoms with van der Waals surface area (Å²) >= 11 is 5.68. The van der Waals surface area contributed by atoms with Crippen LogP contribution in [0.5, 0.6) is 0 Å². The Kier molecular flexibility index (Phi) is 4.96. The first-order chi connectivity index (χ1) is 10.4. The number of halogens is 2. The third kappa shape index (κ3) is 2.79. The molecule has 1 aromatic heterocycles. The topological polar surface area (TPSA) is 96.9 Å². The summed E-state index contributed by atoms with van der Waals surface area (Å²) in [6.45, 7) is 4.20. The molecule has 0 unspecified atom stereocenters. The van der Waals surface area contributed by atoms with Crippen molar-refractivity contribution in [1.29, 1.82) is 0 Å². The average Bonchev–Trinajstić information content (AvgIpc) is 2.75. The van der Waals surface area contributed by atoms with E-state index >= 15 is 0 Å². The molecule has 0 bridgehead atoms. The average molecular weight is 334 g/mol. The zero-order valence-electron chi connectivity index (χ0n) is 11.9. The summed E-state index contributed by atoms with van der Waals surface area (Å²) in [5, 5.41) is 19.2. The number of aliphatic hydroxyl groups excluding tert-OH is 2. The van der Waals surface area contributed by atoms with Crippen molar-refractivity contribution in [2.24, 2.45) is 4.99 Å². The van der Waals surface area contributed by atoms with E-state index in [1.165, 1.54) is 6.20 Å². The maximum atomic E-state index is 14.2. The SMILES string of the molecule is C=Nc1nc(=O)n(C[C@@H]2O[C@@](CO)(CCl)[C@@H](O)[C@H]2F)cc1C. The number of aliphatic imine (C=N–C) groups is 1. The van der Waals surface area contributed by atoms with Crippen molar-refractivity contribution in [2.75, 3.05) is 12.5 Å². The van der Waals surface area contributed by atoms with Crippen LogP contribution in [0.15, 0.2) is 16.0 Å². The number of alkyl halides is 2. The summed E-state index contributed by atoms with van der Waals surface area (Å²) in [5.74, 6) is -0.0662. The lowest BCUT2D eigenvalue weighted by Crippen LogP contribution is -2.47. The second-order valence-electron chi connectivity index (χ2n) is 5.24. The monoisotopic (exact) mass is 333 g/mol. The quantitative estimate of drug-likeness (QED) is 0.582. The highest BCUT2D eigenvalue weighted by atomic mass is 35.5. The predicted octanol–water partition coefficient (Wildman–Crippen LogP) is -0.0485. The first-order valence-electron chi connectivity index (χ1n) is 6.60. The van der Waals surface area contributed by atoms with Crippen LogP contribution in [0.2, 0.25) is 0 Å². The Labute approximate surface area is 131 Å². The molecule has 0 aliphatic carbocycles. The fourth-order valence-corrected chi connectivity index (χ4v) is 2.73. The Bertz CT molecular complexity index is 620. The molecule has 7 nitrogen and oxygen atoms in total. The Morgan fingerprint density at radius 2 is 2.36 bits per heavy atom. The van der Waals surface area contributed by atoms with Crippen molar-refractivity contribution in [3.63, 3.8) is 0 Å². The van der Waals surface area contributed by atoms with E-state index < -0.39 is 36.3 Å². The third-order valence-corrected chi connectivity index (χ3v) is 4.20. The van der Waals surface area contributed by atoms with Gasteiger partial charge in [0.15, 0.2) is 12.0 Å². The number of nitrogens with zero attached hydrogens (tertiary/aromatic N) is 3. The molecule has 0 aromatic carbocycles. The zero-order chi connectivity index (χ0) is 16.5. The molecule has 0 spiro atoms. The fraction of sp³-hybridized carbons (Fsp3) is 0.615. The zero-order valence-corrected chi connectivity index (χ0v) is 12.7. The number of aromatic nitrogens is 2. The van der Waals surface area contributed by atoms with E-state index in [4.69, 9.17) is 16.3 Å². The van der Waals surface area contributed by atoms with E-state index in [0.717, 1.165) is 4.57 Å². The maximum Gasteiger partial charge on any atom is 0.349 e. The lowest BCUT2D eigenvalue weighted by molar-refractivity contribution is -0.0985. The molecule has 1 aliphatic heterocycles. The largest absolute Gasteiger partial charge is 0.393 e. The van der Waals surface area contributed by atoms with Crippen LogP contribution in [0.25, 0.3) is 0 Å². The van der Waals surface area contributed by atoms with E-state index in [1.54, 1.807) is 6.92 Å². The number of aryl methyl sites for hydroxylation is 1. The second-order valence-corrected chi connectivity index (χ2v) is 5.51. The molecule has 0 radical (unpaired) electrons. The lowest BCUT2D eigenvalue weighted by Gasteiger charge is -2.27. The van der Waals surface area contributed by atoms with Crippen LogP contribution in [-0.4, -0.2) is 62.9 Å². The molecule has 9 heteroatoms. The van der Waals surface area contributed by atoms with Gasteiger partial charge in [-0.25, -0.2) is 14.2 Å². The van der Waals surface area contributed by atoms with E-state index in [1.807, 2.05) is 0 Å². The van der Waals surface area contributed by atoms with Crippen molar-refractivity contribution in [3.8, 4) is 0 Å². The molecule has 2 heterocycles. The molecule has 1 aromatic rings. The van der Waals surface area contributed by atoms with Gasteiger partial charge in [0.05, 0.1) is 19.0 Å². The second kappa shape index (κ2) is 6.41. The smallest absolute Gasteiger partial charge is 0.349 e. The van der Waals surface area contributed by atoms with Gasteiger partial charge in [-0.1, -0.05) is 0 Å². The Balaban J connectivity index is 2.27. The van der Waals surface area contributed by atoms with Crippen LogP contribution in [0, 0.1) is 6.92 Å². The van der Waals surface area contributed by atoms with Crippen molar-refractivity contribution in [1.82, 2.24) is 9.55 Å². The summed E-state index contributed by atoms with van der Waals surface area (Å²) in [5.41, 5.74) is -1.61. The Hall–Kier alpha value is -1.35. The van der Waals surface area contributed by atoms with Gasteiger partial charge >= 0.3 is 5.69 Å². The van der Waals surface area contributed by atoms with Gasteiger partial charge < -0.3 is 14.9 Å². The van der Waals surface area contributed by atoms with Gasteiger partial charge in [-0.3, -0.25) is 4.57 Å². The molecule has 122 valence electrons. The first kappa shape index (κ1) is 17.0. The summed E-state index contributed by atoms with van der Waals surface area (Å²) < 4.78 is 20.8. The number of hydrogen-bond acceptors (Lipinski definition) is 6. The van der Waals surface area contributed by atoms with Crippen molar-refractivity contribution in [2.45, 2.75) is 37.4 Å². The fourth-order valence-electron chi connectivity index (χ4n) is 2.43. The van der Waals surface area contributed by atoms with E-state index in [2.05, 4.69) is 16.7 Å². The number of hydrogen-bond donors (Lipinski definition) is 2. The van der Waals surface area contributed by atoms with Gasteiger partial charge in [-0.2, -0.15) is 4.98 Å². The molecule has 1 saturated heterocycles. The predicted molar refractivity (Wildman–Crippen MR) is 78.8 cm³/mol. The minimum atomic E-state index is -1.78. The van der Waals surface area contributed by atoms with E-state index in [-0.39, 0.29) is 18.2 Å². The number of ether oxygens (including phenoxy) is 1. The standard InChI is InChI=1S/C13H17ClFN3O4/c1-7-3-18(12(21)17-11(7)16-2)4-8-9(15)10(20)13(5-14,6-19)22-8/h3,8-10,19-20H,2,4-6H2,1H3/t8-,9-,10-,13+/m0/s1. The number of aliphatic hydroxyl groups is 2. The summed E-state index contributed by atoms with van der Waals surface area (Å²) in [6.07, 6.45) is -3.02. The van der Waals surface area contributed by atoms with Gasteiger partial charge in [0, 0.05) is 11.8 Å². The molecule has 4 atom stereocenters. The Morgan fingerprint density at radius 3 is 2.86 bits per heavy atom. The Morgan fingerprint density at radius 1 is 1.68 bits per heavy atom. The van der Waals surface area contributed by atoms with Crippen LogP contribution in [0.3, 0.4) is 0 Å². The highest BCUT2D eigenvalue weighted by Gasteiger charge is 2.54. The van der Waals surface area contributed by atoms with Crippen LogP contribution < -0.4 is 5.69 Å². The van der Waals surface area contributed by atoms with Crippen LogP contribution in [0.4, 0.5) is 10.2 Å². The normalized spacial score (nSPS) is 31.4. The minimum Gasteiger partial charge on any atom is -0.393 e. The van der Waals surface area contributed by atoms with Gasteiger partial charge in [0.1, 0.15) is 17.8 Å². The highest BCUT2D eigenvalue weighted by molar-refractivity contribution is 6.18. The summed E-state index contributed by atoms with van der Waals surface area (Å²) in [7, 11) is 0. The molecule has 22 heavy (non-hydrogen) atoms. The molecule has 2 N–H and O–H groups in total. The van der Waals surface area contributed by atoms with Crippen molar-refractivity contribution in [3.05, 3.63) is 22.2 Å². The van der Waals surface area contributed by atoms with Gasteiger partial charge in [0.25, 0.3) is 0 Å². The lowest BCUT2D eigenvalue weighted by atomic mass is 9.98. The maximum absolute atomic E-state index is 14.2. The van der Waals surface area contributed by atoms with E-state index in [0.29, 0.717) is 5.56 Å². The molecule has 0 amide bonds. The molecular formula is C13H17ClFN3O4. The molecule has 1 fully saturated rings. The molecule has 0 saturated carbocycles. The minimum absolute atomic E-state index is 0.166. The van der Waals surface area contributed by atoms with E-state index in [9.17, 15) is 19.4 Å². The van der Waals surface area contributed by atoms with Crippen molar-refractivity contribution < 1.29 is 19.3 Å². The van der Waals surface area contributed by atoms with Crippen LogP contribution in [0.1, 0.15) is 5.56 Å². The van der Waals surface area contributed by atoms with Gasteiger partial charge in [0.2, 0.25) is 0 Å². The molecular weight excluding hydrogens is 317 g/mol. The van der Waals surface area contributed by atoms with Crippen LogP contribution in [-0.2, 0) is 11.3 Å². The molecule has 2 rings (SSSR count). The van der Waals surface area contributed by atoms with Crippen molar-refractivity contribution >= 4 is 24.1 Å². The third-order valence-electron chi connectivity index (χ3n) is 3.75. The summed E-state index contributed by atoms with van der Waals surface area (Å²) in [4.78, 5) is 19.2. The first-order valence-corrected chi connectivity index (χ1v) is 7.13. The van der Waals surface area contributed by atoms with Crippen LogP contribution >= 0.6 is 11.6 Å².